The number of hydrogen-bond donors (Lipinski definition) is 2. The molecule has 0 saturated heterocycles. The number of rotatable bonds is 14. The van der Waals surface area contributed by atoms with Gasteiger partial charge < -0.3 is 15.1 Å². The van der Waals surface area contributed by atoms with Crippen LogP contribution in [0.2, 0.25) is 0 Å². The van der Waals surface area contributed by atoms with E-state index >= 15 is 4.39 Å². The van der Waals surface area contributed by atoms with Gasteiger partial charge in [-0.05, 0) is 124 Å². The van der Waals surface area contributed by atoms with Crippen molar-refractivity contribution >= 4 is 10.8 Å². The first-order chi connectivity index (χ1) is 20.1. The van der Waals surface area contributed by atoms with E-state index in [0.717, 1.165) is 75.5 Å². The molecular formula is C32H47F6NO3S. The Kier molecular flexibility index (Phi) is 11.2. The third-order valence-electron chi connectivity index (χ3n) is 10.7. The standard InChI is InChI=1S/C32H47F6NO3S/c1-30-13-11-24-28(25(30)9-10-27(30)41)21(18-22-19-23(40)20-26(33)29(22)24)8-4-3-5-14-39(2)15-7-17-43(42)16-6-12-31(34,35)32(36,37)38/h19-21,24-25,27-28,40-41H,3-18H2,1-2H3/t21-,24+,25+,27+,28-,30+,43?/m1/s1. The molecule has 2 saturated carbocycles. The first kappa shape index (κ1) is 34.5. The van der Waals surface area contributed by atoms with Gasteiger partial charge in [-0.15, -0.1) is 0 Å². The fourth-order valence-corrected chi connectivity index (χ4v) is 9.51. The molecule has 1 aromatic rings. The van der Waals surface area contributed by atoms with Crippen LogP contribution < -0.4 is 0 Å². The quantitative estimate of drug-likeness (QED) is 0.163. The van der Waals surface area contributed by atoms with Crippen LogP contribution >= 0.6 is 0 Å². The lowest BCUT2D eigenvalue weighted by atomic mass is 9.52. The number of hydrogen-bond acceptors (Lipinski definition) is 4. The molecule has 1 unspecified atom stereocenters. The van der Waals surface area contributed by atoms with Crippen LogP contribution in [0, 0.1) is 29.0 Å². The van der Waals surface area contributed by atoms with Crippen LogP contribution in [0.5, 0.6) is 5.75 Å². The first-order valence-electron chi connectivity index (χ1n) is 15.8. The number of phenolic OH excluding ortho intramolecular Hbond substituents is 1. The number of phenols is 1. The topological polar surface area (TPSA) is 60.8 Å². The van der Waals surface area contributed by atoms with Crippen molar-refractivity contribution in [2.24, 2.45) is 23.2 Å². The van der Waals surface area contributed by atoms with Gasteiger partial charge in [0.1, 0.15) is 11.6 Å². The molecule has 0 bridgehead atoms. The lowest BCUT2D eigenvalue weighted by Gasteiger charge is -2.53. The van der Waals surface area contributed by atoms with E-state index in [1.54, 1.807) is 6.07 Å². The molecule has 4 nitrogen and oxygen atoms in total. The van der Waals surface area contributed by atoms with Crippen LogP contribution in [0.1, 0.15) is 94.6 Å². The summed E-state index contributed by atoms with van der Waals surface area (Å²) in [6, 6.07) is 2.97. The number of halogens is 6. The summed E-state index contributed by atoms with van der Waals surface area (Å²) in [5.74, 6) is -3.77. The summed E-state index contributed by atoms with van der Waals surface area (Å²) in [5, 5.41) is 20.9. The summed E-state index contributed by atoms with van der Waals surface area (Å²) in [5.41, 5.74) is 1.59. The fraction of sp³-hybridized carbons (Fsp3) is 0.812. The van der Waals surface area contributed by atoms with Crippen LogP contribution in [0.15, 0.2) is 12.1 Å². The van der Waals surface area contributed by atoms with Gasteiger partial charge >= 0.3 is 12.1 Å². The Morgan fingerprint density at radius 3 is 2.42 bits per heavy atom. The Labute approximate surface area is 254 Å². The highest BCUT2D eigenvalue weighted by molar-refractivity contribution is 7.84. The molecule has 0 aliphatic heterocycles. The van der Waals surface area contributed by atoms with Gasteiger partial charge in [-0.25, -0.2) is 4.39 Å². The van der Waals surface area contributed by atoms with E-state index in [-0.39, 0.29) is 40.5 Å². The maximum absolute atomic E-state index is 15.1. The molecule has 7 atom stereocenters. The van der Waals surface area contributed by atoms with Crippen LogP contribution in [-0.4, -0.2) is 69.2 Å². The van der Waals surface area contributed by atoms with Gasteiger partial charge in [-0.1, -0.05) is 19.8 Å². The molecule has 3 aliphatic carbocycles. The molecular weight excluding hydrogens is 592 g/mol. The molecule has 0 amide bonds. The molecule has 0 radical (unpaired) electrons. The van der Waals surface area contributed by atoms with Gasteiger partial charge in [-0.3, -0.25) is 4.21 Å². The Morgan fingerprint density at radius 1 is 1.00 bits per heavy atom. The fourth-order valence-electron chi connectivity index (χ4n) is 8.39. The number of alkyl halides is 5. The summed E-state index contributed by atoms with van der Waals surface area (Å²) < 4.78 is 90.0. The second-order valence-corrected chi connectivity index (χ2v) is 15.2. The largest absolute Gasteiger partial charge is 0.508 e. The maximum Gasteiger partial charge on any atom is 0.453 e. The van der Waals surface area contributed by atoms with Crippen LogP contribution in [0.3, 0.4) is 0 Å². The number of benzene rings is 1. The maximum atomic E-state index is 15.1. The summed E-state index contributed by atoms with van der Waals surface area (Å²) in [4.78, 5) is 2.12. The van der Waals surface area contributed by atoms with E-state index < -0.39 is 35.7 Å². The van der Waals surface area contributed by atoms with Crippen molar-refractivity contribution in [3.63, 3.8) is 0 Å². The molecule has 0 spiro atoms. The van der Waals surface area contributed by atoms with Crippen molar-refractivity contribution < 1.29 is 40.8 Å². The highest BCUT2D eigenvalue weighted by Gasteiger charge is 2.57. The second kappa shape index (κ2) is 14.0. The average molecular weight is 640 g/mol. The molecule has 1 aromatic carbocycles. The molecule has 246 valence electrons. The number of aliphatic hydroxyl groups is 1. The van der Waals surface area contributed by atoms with E-state index in [1.165, 1.54) is 6.07 Å². The van der Waals surface area contributed by atoms with Crippen LogP contribution in [0.4, 0.5) is 26.3 Å². The molecule has 43 heavy (non-hydrogen) atoms. The van der Waals surface area contributed by atoms with Crippen molar-refractivity contribution in [1.29, 1.82) is 0 Å². The summed E-state index contributed by atoms with van der Waals surface area (Å²) in [6.07, 6.45) is 1.23. The van der Waals surface area contributed by atoms with E-state index in [9.17, 15) is 36.4 Å². The van der Waals surface area contributed by atoms with Gasteiger partial charge in [0.2, 0.25) is 0 Å². The Balaban J connectivity index is 1.20. The average Bonchev–Trinajstić information content (AvgIpc) is 3.21. The number of fused-ring (bicyclic) bond motifs is 5. The highest BCUT2D eigenvalue weighted by atomic mass is 32.2. The molecule has 0 heterocycles. The van der Waals surface area contributed by atoms with Crippen molar-refractivity contribution in [1.82, 2.24) is 4.90 Å². The zero-order valence-electron chi connectivity index (χ0n) is 25.3. The van der Waals surface area contributed by atoms with Gasteiger partial charge in [0.15, 0.2) is 0 Å². The Hall–Kier alpha value is -1.33. The predicted octanol–water partition coefficient (Wildman–Crippen LogP) is 7.58. The Bertz CT molecular complexity index is 1120. The van der Waals surface area contributed by atoms with Gasteiger partial charge in [0, 0.05) is 34.8 Å². The van der Waals surface area contributed by atoms with Crippen molar-refractivity contribution in [2.45, 2.75) is 108 Å². The summed E-state index contributed by atoms with van der Waals surface area (Å²) in [7, 11) is 0.541. The molecule has 2 fully saturated rings. The predicted molar refractivity (Wildman–Crippen MR) is 156 cm³/mol. The van der Waals surface area contributed by atoms with E-state index in [2.05, 4.69) is 11.8 Å². The minimum Gasteiger partial charge on any atom is -0.508 e. The molecule has 11 heteroatoms. The summed E-state index contributed by atoms with van der Waals surface area (Å²) in [6.45, 7) is 3.73. The first-order valence-corrected chi connectivity index (χ1v) is 17.3. The third kappa shape index (κ3) is 7.91. The van der Waals surface area contributed by atoms with Gasteiger partial charge in [0.05, 0.1) is 6.10 Å². The minimum atomic E-state index is -5.57. The number of aromatic hydroxyl groups is 1. The second-order valence-electron chi connectivity index (χ2n) is 13.6. The molecule has 0 aromatic heterocycles. The van der Waals surface area contributed by atoms with Crippen LogP contribution in [0.25, 0.3) is 0 Å². The van der Waals surface area contributed by atoms with Gasteiger partial charge in [-0.2, -0.15) is 22.0 Å². The monoisotopic (exact) mass is 639 g/mol. The highest BCUT2D eigenvalue weighted by Crippen LogP contribution is 2.63. The minimum absolute atomic E-state index is 0.0275. The number of nitrogens with zero attached hydrogens (tertiary/aromatic N) is 1. The normalized spacial score (nSPS) is 29.8. The zero-order chi connectivity index (χ0) is 31.6. The SMILES string of the molecule is CN(CCCCC[C@@H]1Cc2cc(O)cc(F)c2[C@H]2CC[C@]3(C)[C@@H](O)CC[C@H]3[C@H]12)CCCS(=O)CCCC(F)(F)C(F)(F)F. The van der Waals surface area contributed by atoms with Crippen molar-refractivity contribution in [3.8, 4) is 5.75 Å². The van der Waals surface area contributed by atoms with E-state index in [4.69, 9.17) is 0 Å². The number of aliphatic hydroxyl groups excluding tert-OH is 1. The Morgan fingerprint density at radius 2 is 1.70 bits per heavy atom. The van der Waals surface area contributed by atoms with Crippen LogP contribution in [-0.2, 0) is 17.2 Å². The molecule has 2 N–H and O–H groups in total. The lowest BCUT2D eigenvalue weighted by molar-refractivity contribution is -0.284. The van der Waals surface area contributed by atoms with Crippen molar-refractivity contribution in [3.05, 3.63) is 29.1 Å². The lowest BCUT2D eigenvalue weighted by Crippen LogP contribution is -2.47. The summed E-state index contributed by atoms with van der Waals surface area (Å²) >= 11 is 0. The van der Waals surface area contributed by atoms with E-state index in [1.807, 2.05) is 7.05 Å². The van der Waals surface area contributed by atoms with E-state index in [0.29, 0.717) is 30.7 Å². The van der Waals surface area contributed by atoms with Crippen molar-refractivity contribution in [2.75, 3.05) is 31.6 Å². The smallest absolute Gasteiger partial charge is 0.453 e. The molecule has 4 rings (SSSR count). The zero-order valence-corrected chi connectivity index (χ0v) is 26.1. The number of unbranched alkanes of at least 4 members (excludes halogenated alkanes) is 2. The molecule has 3 aliphatic rings. The third-order valence-corrected chi connectivity index (χ3v) is 12.2. The van der Waals surface area contributed by atoms with Gasteiger partial charge in [0.25, 0.3) is 0 Å².